The van der Waals surface area contributed by atoms with Crippen molar-refractivity contribution in [1.82, 2.24) is 0 Å². The quantitative estimate of drug-likeness (QED) is 0.587. The third kappa shape index (κ3) is 2.01. The van der Waals surface area contributed by atoms with E-state index in [1.165, 1.54) is 50.5 Å². The lowest BCUT2D eigenvalue weighted by molar-refractivity contribution is -0.153. The molecule has 4 aliphatic rings. The van der Waals surface area contributed by atoms with Gasteiger partial charge in [0.2, 0.25) is 0 Å². The van der Waals surface area contributed by atoms with Gasteiger partial charge in [-0.05, 0) is 67.1 Å². The fourth-order valence-electron chi connectivity index (χ4n) is 7.27. The van der Waals surface area contributed by atoms with Gasteiger partial charge in [-0.1, -0.05) is 32.3 Å². The summed E-state index contributed by atoms with van der Waals surface area (Å²) in [6, 6.07) is 2.23. The van der Waals surface area contributed by atoms with Gasteiger partial charge in [-0.15, -0.1) is 0 Å². The Labute approximate surface area is 140 Å². The van der Waals surface area contributed by atoms with Crippen molar-refractivity contribution in [2.45, 2.75) is 71.6 Å². The number of nitriles is 1. The van der Waals surface area contributed by atoms with E-state index >= 15 is 0 Å². The highest BCUT2D eigenvalue weighted by molar-refractivity contribution is 5.85. The van der Waals surface area contributed by atoms with Crippen LogP contribution in [0.4, 0.5) is 0 Å². The van der Waals surface area contributed by atoms with Crippen molar-refractivity contribution in [2.75, 3.05) is 0 Å². The second-order valence-electron chi connectivity index (χ2n) is 9.17. The maximum atomic E-state index is 13.3. The molecule has 4 rings (SSSR count). The van der Waals surface area contributed by atoms with Crippen LogP contribution >= 0.6 is 0 Å². The maximum absolute atomic E-state index is 13.3. The Morgan fingerprint density at radius 2 is 2.00 bits per heavy atom. The summed E-state index contributed by atoms with van der Waals surface area (Å²) < 4.78 is 0. The predicted molar refractivity (Wildman–Crippen MR) is 90.4 cm³/mol. The second kappa shape index (κ2) is 5.20. The van der Waals surface area contributed by atoms with Gasteiger partial charge in [0.05, 0.1) is 6.07 Å². The predicted octanol–water partition coefficient (Wildman–Crippen LogP) is 5.05. The van der Waals surface area contributed by atoms with E-state index in [0.717, 1.165) is 12.3 Å². The molecule has 0 spiro atoms. The van der Waals surface area contributed by atoms with Crippen LogP contribution in [0.3, 0.4) is 0 Å². The van der Waals surface area contributed by atoms with Crippen LogP contribution in [0.1, 0.15) is 71.6 Å². The molecule has 4 unspecified atom stereocenters. The summed E-state index contributed by atoms with van der Waals surface area (Å²) in [5.74, 6) is 2.81. The second-order valence-corrected chi connectivity index (χ2v) is 9.17. The third-order valence-electron chi connectivity index (χ3n) is 8.36. The molecule has 0 aromatic rings. The Bertz CT molecular complexity index is 599. The Morgan fingerprint density at radius 3 is 2.78 bits per heavy atom. The molecule has 0 radical (unpaired) electrons. The zero-order valence-corrected chi connectivity index (χ0v) is 14.6. The van der Waals surface area contributed by atoms with Gasteiger partial charge in [-0.25, -0.2) is 0 Å². The molecular weight excluding hydrogens is 282 g/mol. The number of allylic oxidation sites excluding steroid dienone is 2. The molecule has 4 fully saturated rings. The van der Waals surface area contributed by atoms with Crippen molar-refractivity contribution in [3.05, 3.63) is 11.6 Å². The van der Waals surface area contributed by atoms with Gasteiger partial charge in [0.15, 0.2) is 0 Å². The number of nitrogens with zero attached hydrogens (tertiary/aromatic N) is 1. The summed E-state index contributed by atoms with van der Waals surface area (Å²) in [5, 5.41) is 9.11. The molecular formula is C21H29NO. The third-order valence-corrected chi connectivity index (χ3v) is 8.36. The minimum Gasteiger partial charge on any atom is -0.299 e. The van der Waals surface area contributed by atoms with Crippen LogP contribution in [0.25, 0.3) is 0 Å². The van der Waals surface area contributed by atoms with Crippen LogP contribution in [0, 0.1) is 45.8 Å². The van der Waals surface area contributed by atoms with E-state index in [-0.39, 0.29) is 10.8 Å². The molecule has 0 amide bonds. The number of rotatable bonds is 0. The number of carbonyl (C=O) groups is 1. The molecule has 6 atom stereocenters. The highest BCUT2D eigenvalue weighted by Crippen LogP contribution is 2.66. The van der Waals surface area contributed by atoms with Crippen LogP contribution in [0.2, 0.25) is 0 Å². The lowest BCUT2D eigenvalue weighted by atomic mass is 9.45. The van der Waals surface area contributed by atoms with Crippen molar-refractivity contribution in [3.8, 4) is 6.07 Å². The molecule has 0 aromatic carbocycles. The normalized spacial score (nSPS) is 50.8. The van der Waals surface area contributed by atoms with Crippen LogP contribution in [-0.4, -0.2) is 5.78 Å². The Balaban J connectivity index is 1.72. The summed E-state index contributed by atoms with van der Waals surface area (Å²) in [4.78, 5) is 13.3. The fraction of sp³-hybridized carbons (Fsp3) is 0.810. The summed E-state index contributed by atoms with van der Waals surface area (Å²) >= 11 is 0. The number of ketones is 1. The lowest BCUT2D eigenvalue weighted by Crippen LogP contribution is -2.56. The minimum absolute atomic E-state index is 0.0220. The van der Waals surface area contributed by atoms with Gasteiger partial charge >= 0.3 is 0 Å². The zero-order chi connectivity index (χ0) is 16.2. The van der Waals surface area contributed by atoms with Crippen molar-refractivity contribution in [3.63, 3.8) is 0 Å². The maximum Gasteiger partial charge on any atom is 0.137 e. The number of carbonyl (C=O) groups excluding carboxylic acids is 1. The molecule has 0 aliphatic heterocycles. The van der Waals surface area contributed by atoms with Crippen LogP contribution in [-0.2, 0) is 4.79 Å². The summed E-state index contributed by atoms with van der Waals surface area (Å²) in [5.41, 5.74) is 1.50. The van der Waals surface area contributed by atoms with Crippen LogP contribution in [0.15, 0.2) is 11.6 Å². The van der Waals surface area contributed by atoms with E-state index in [9.17, 15) is 4.79 Å². The summed E-state index contributed by atoms with van der Waals surface area (Å²) in [7, 11) is 0. The van der Waals surface area contributed by atoms with Crippen molar-refractivity contribution in [2.24, 2.45) is 34.5 Å². The molecule has 0 heterocycles. The topological polar surface area (TPSA) is 40.9 Å². The van der Waals surface area contributed by atoms with Crippen molar-refractivity contribution in [1.29, 1.82) is 5.26 Å². The highest BCUT2D eigenvalue weighted by Gasteiger charge is 2.61. The number of hydrogen-bond donors (Lipinski definition) is 0. The number of hydrogen-bond acceptors (Lipinski definition) is 2. The van der Waals surface area contributed by atoms with E-state index in [1.54, 1.807) is 6.08 Å². The molecule has 2 heteroatoms. The fourth-order valence-corrected chi connectivity index (χ4v) is 7.27. The zero-order valence-electron chi connectivity index (χ0n) is 14.6. The smallest absolute Gasteiger partial charge is 0.137 e. The van der Waals surface area contributed by atoms with E-state index in [0.29, 0.717) is 30.0 Å². The van der Waals surface area contributed by atoms with E-state index in [1.807, 2.05) is 0 Å². The molecule has 124 valence electrons. The van der Waals surface area contributed by atoms with Crippen LogP contribution in [0.5, 0.6) is 0 Å². The molecule has 0 N–H and O–H groups in total. The van der Waals surface area contributed by atoms with Crippen molar-refractivity contribution < 1.29 is 4.79 Å². The average molecular weight is 311 g/mol. The lowest BCUT2D eigenvalue weighted by Gasteiger charge is -2.59. The molecule has 23 heavy (non-hydrogen) atoms. The van der Waals surface area contributed by atoms with Crippen LogP contribution < -0.4 is 0 Å². The Hall–Kier alpha value is -1.10. The minimum atomic E-state index is -0.0220. The SMILES string of the molecule is CC12CCCCC1CC[C@@H]1C2C(=O)C[C@]2(C)/C(=C\C#N)CCC12. The van der Waals surface area contributed by atoms with E-state index in [2.05, 4.69) is 19.9 Å². The van der Waals surface area contributed by atoms with Gasteiger partial charge in [0.25, 0.3) is 0 Å². The first kappa shape index (κ1) is 15.4. The highest BCUT2D eigenvalue weighted by atomic mass is 16.1. The van der Waals surface area contributed by atoms with Gasteiger partial charge < -0.3 is 0 Å². The van der Waals surface area contributed by atoms with Gasteiger partial charge in [-0.2, -0.15) is 5.26 Å². The summed E-state index contributed by atoms with van der Waals surface area (Å²) in [6.45, 7) is 4.71. The standard InChI is InChI=1S/C21H29NO/c1-20-11-4-3-5-14(20)6-8-16-17-9-7-15(10-12-22)21(17,2)13-18(23)19(16)20/h10,14,16-17,19H,3-9,11,13H2,1-2H3/b15-10-/t14?,16-,17?,19?,20?,21+/m0/s1. The molecule has 0 aromatic heterocycles. The molecule has 0 bridgehead atoms. The Morgan fingerprint density at radius 1 is 1.17 bits per heavy atom. The molecule has 4 saturated carbocycles. The number of fused-ring (bicyclic) bond motifs is 5. The monoisotopic (exact) mass is 311 g/mol. The number of Topliss-reactive ketones (excluding diaryl/α,β-unsaturated/α-hetero) is 1. The molecule has 4 aliphatic carbocycles. The first-order valence-corrected chi connectivity index (χ1v) is 9.62. The first-order valence-electron chi connectivity index (χ1n) is 9.62. The van der Waals surface area contributed by atoms with Gasteiger partial charge in [0.1, 0.15) is 5.78 Å². The van der Waals surface area contributed by atoms with Gasteiger partial charge in [0, 0.05) is 18.4 Å². The Kier molecular flexibility index (Phi) is 3.49. The summed E-state index contributed by atoms with van der Waals surface area (Å²) in [6.07, 6.45) is 12.5. The average Bonchev–Trinajstić information content (AvgIpc) is 2.83. The molecule has 0 saturated heterocycles. The van der Waals surface area contributed by atoms with E-state index in [4.69, 9.17) is 5.26 Å². The van der Waals surface area contributed by atoms with Gasteiger partial charge in [-0.3, -0.25) is 4.79 Å². The molecule has 2 nitrogen and oxygen atoms in total. The van der Waals surface area contributed by atoms with E-state index < -0.39 is 0 Å². The first-order chi connectivity index (χ1) is 11.0. The largest absolute Gasteiger partial charge is 0.299 e. The van der Waals surface area contributed by atoms with Crippen molar-refractivity contribution >= 4 is 5.78 Å².